The lowest BCUT2D eigenvalue weighted by Gasteiger charge is -2.31. The van der Waals surface area contributed by atoms with E-state index in [1.807, 2.05) is 69.6 Å². The number of nitrogens with zero attached hydrogens (tertiary/aromatic N) is 3. The van der Waals surface area contributed by atoms with E-state index in [9.17, 15) is 9.59 Å². The Morgan fingerprint density at radius 1 is 1.05 bits per heavy atom. The highest BCUT2D eigenvalue weighted by molar-refractivity contribution is 6.28. The van der Waals surface area contributed by atoms with Crippen molar-refractivity contribution >= 4 is 45.8 Å². The number of fused-ring (bicyclic) bond motifs is 3. The molecular weight excluding hydrogens is 580 g/mol. The van der Waals surface area contributed by atoms with Crippen LogP contribution in [0, 0.1) is 0 Å². The van der Waals surface area contributed by atoms with Crippen LogP contribution in [0.2, 0.25) is 5.28 Å². The molecule has 1 radical (unpaired) electrons. The van der Waals surface area contributed by atoms with Gasteiger partial charge in [0, 0.05) is 52.7 Å². The van der Waals surface area contributed by atoms with Gasteiger partial charge in [0.2, 0.25) is 17.4 Å². The molecule has 10 nitrogen and oxygen atoms in total. The fourth-order valence-corrected chi connectivity index (χ4v) is 5.32. The summed E-state index contributed by atoms with van der Waals surface area (Å²) in [7, 11) is 0. The van der Waals surface area contributed by atoms with Gasteiger partial charge in [-0.15, -0.1) is 0 Å². The predicted molar refractivity (Wildman–Crippen MR) is 171 cm³/mol. The summed E-state index contributed by atoms with van der Waals surface area (Å²) in [5.41, 5.74) is 11.0. The maximum atomic E-state index is 12.4. The van der Waals surface area contributed by atoms with E-state index in [1.165, 1.54) is 10.9 Å². The lowest BCUT2D eigenvalue weighted by Crippen LogP contribution is -2.40. The lowest BCUT2D eigenvalue weighted by atomic mass is 10.1. The van der Waals surface area contributed by atoms with Crippen molar-refractivity contribution in [1.82, 2.24) is 24.8 Å². The fraction of sp³-hybridized carbons (Fsp3) is 0.333. The quantitative estimate of drug-likeness (QED) is 0.200. The van der Waals surface area contributed by atoms with Crippen molar-refractivity contribution in [3.05, 3.63) is 88.6 Å². The van der Waals surface area contributed by atoms with E-state index in [1.54, 1.807) is 11.2 Å². The molecule has 6 rings (SSSR count). The Bertz CT molecular complexity index is 1760. The fourth-order valence-electron chi connectivity index (χ4n) is 5.14. The molecule has 0 fully saturated rings. The SMILES string of the molecule is CC(C)(C)OC(=O)N1CCc2c(nc(Cl)nc2OCCc2c[nH]c3ccccc23)C1.NC([C]=O)Cc1c[nH]c2ccccc12. The van der Waals surface area contributed by atoms with Crippen molar-refractivity contribution in [3.63, 3.8) is 0 Å². The maximum absolute atomic E-state index is 12.4. The summed E-state index contributed by atoms with van der Waals surface area (Å²) in [5, 5.41) is 2.43. The van der Waals surface area contributed by atoms with Crippen LogP contribution in [0.4, 0.5) is 4.79 Å². The first-order valence-corrected chi connectivity index (χ1v) is 14.9. The Hall–Kier alpha value is -4.41. The minimum atomic E-state index is -0.544. The highest BCUT2D eigenvalue weighted by Gasteiger charge is 2.29. The third-order valence-electron chi connectivity index (χ3n) is 7.20. The number of aromatic amines is 2. The Morgan fingerprint density at radius 3 is 2.34 bits per heavy atom. The van der Waals surface area contributed by atoms with Crippen molar-refractivity contribution in [2.24, 2.45) is 5.73 Å². The molecule has 1 atom stereocenters. The number of ether oxygens (including phenoxy) is 2. The van der Waals surface area contributed by atoms with E-state index >= 15 is 0 Å². The van der Waals surface area contributed by atoms with E-state index in [-0.39, 0.29) is 11.4 Å². The molecule has 229 valence electrons. The normalized spacial score (nSPS) is 13.6. The molecule has 3 aromatic heterocycles. The van der Waals surface area contributed by atoms with Gasteiger partial charge in [-0.3, -0.25) is 4.79 Å². The van der Waals surface area contributed by atoms with Crippen molar-refractivity contribution in [2.75, 3.05) is 13.2 Å². The number of rotatable bonds is 7. The monoisotopic (exact) mass is 615 g/mol. The number of aromatic nitrogens is 4. The summed E-state index contributed by atoms with van der Waals surface area (Å²) in [6.07, 6.45) is 7.19. The minimum Gasteiger partial charge on any atom is -0.477 e. The molecule has 2 aromatic carbocycles. The second-order valence-electron chi connectivity index (χ2n) is 11.6. The van der Waals surface area contributed by atoms with Crippen molar-refractivity contribution in [3.8, 4) is 5.88 Å². The van der Waals surface area contributed by atoms with Gasteiger partial charge in [-0.25, -0.2) is 9.78 Å². The highest BCUT2D eigenvalue weighted by Crippen LogP contribution is 2.28. The molecule has 1 aliphatic rings. The van der Waals surface area contributed by atoms with Crippen LogP contribution in [0.3, 0.4) is 0 Å². The average Bonchev–Trinajstić information content (AvgIpc) is 3.60. The van der Waals surface area contributed by atoms with Gasteiger partial charge in [0.1, 0.15) is 5.60 Å². The van der Waals surface area contributed by atoms with E-state index in [4.69, 9.17) is 26.8 Å². The molecule has 0 spiro atoms. The van der Waals surface area contributed by atoms with Crippen molar-refractivity contribution in [1.29, 1.82) is 0 Å². The zero-order valence-electron chi connectivity index (χ0n) is 25.0. The second-order valence-corrected chi connectivity index (χ2v) is 12.0. The topological polar surface area (TPSA) is 139 Å². The number of nitrogens with one attached hydrogen (secondary N) is 2. The van der Waals surface area contributed by atoms with Gasteiger partial charge in [0.25, 0.3) is 0 Å². The van der Waals surface area contributed by atoms with Crippen molar-refractivity contribution in [2.45, 2.75) is 58.2 Å². The molecule has 0 saturated carbocycles. The number of carbonyl (C=O) groups is 1. The summed E-state index contributed by atoms with van der Waals surface area (Å²) < 4.78 is 11.5. The number of para-hydroxylation sites is 2. The zero-order chi connectivity index (χ0) is 31.3. The second kappa shape index (κ2) is 13.5. The smallest absolute Gasteiger partial charge is 0.410 e. The molecule has 1 amide bonds. The third-order valence-corrected chi connectivity index (χ3v) is 7.37. The molecule has 0 aliphatic carbocycles. The largest absolute Gasteiger partial charge is 0.477 e. The molecule has 0 saturated heterocycles. The van der Waals surface area contributed by atoms with Crippen LogP contribution in [0.15, 0.2) is 60.9 Å². The van der Waals surface area contributed by atoms with E-state index < -0.39 is 11.6 Å². The average molecular weight is 616 g/mol. The van der Waals surface area contributed by atoms with Gasteiger partial charge in [0.15, 0.2) is 0 Å². The maximum Gasteiger partial charge on any atom is 0.410 e. The number of nitrogens with two attached hydrogens (primary N) is 1. The number of H-pyrrole nitrogens is 2. The number of halogens is 1. The number of hydrogen-bond acceptors (Lipinski definition) is 7. The molecule has 4 heterocycles. The Morgan fingerprint density at radius 2 is 1.68 bits per heavy atom. The molecule has 5 aromatic rings. The van der Waals surface area contributed by atoms with Crippen LogP contribution in [0.25, 0.3) is 21.8 Å². The molecule has 0 bridgehead atoms. The van der Waals surface area contributed by atoms with Gasteiger partial charge < -0.3 is 30.1 Å². The molecule has 1 aliphatic heterocycles. The van der Waals surface area contributed by atoms with E-state index in [0.29, 0.717) is 44.1 Å². The molecule has 1 unspecified atom stereocenters. The van der Waals surface area contributed by atoms with Crippen LogP contribution >= 0.6 is 11.6 Å². The summed E-state index contributed by atoms with van der Waals surface area (Å²) in [6.45, 7) is 6.86. The van der Waals surface area contributed by atoms with E-state index in [0.717, 1.165) is 34.0 Å². The van der Waals surface area contributed by atoms with Crippen LogP contribution in [-0.2, 0) is 35.3 Å². The van der Waals surface area contributed by atoms with Gasteiger partial charge in [-0.05, 0) is 68.5 Å². The molecular formula is C33H36ClN6O4. The van der Waals surface area contributed by atoms with Gasteiger partial charge in [-0.2, -0.15) is 4.98 Å². The van der Waals surface area contributed by atoms with Crippen LogP contribution in [0.5, 0.6) is 5.88 Å². The Kier molecular flexibility index (Phi) is 9.51. The van der Waals surface area contributed by atoms with Crippen LogP contribution < -0.4 is 10.5 Å². The molecule has 11 heteroatoms. The van der Waals surface area contributed by atoms with Gasteiger partial charge >= 0.3 is 6.09 Å². The van der Waals surface area contributed by atoms with Crippen molar-refractivity contribution < 1.29 is 19.1 Å². The first-order chi connectivity index (χ1) is 21.1. The number of amides is 1. The predicted octanol–water partition coefficient (Wildman–Crippen LogP) is 5.67. The van der Waals surface area contributed by atoms with Crippen LogP contribution in [0.1, 0.15) is 43.2 Å². The van der Waals surface area contributed by atoms with Crippen LogP contribution in [-0.4, -0.2) is 62.0 Å². The van der Waals surface area contributed by atoms with Gasteiger partial charge in [0.05, 0.1) is 24.9 Å². The number of carbonyl (C=O) groups excluding carboxylic acids is 2. The zero-order valence-corrected chi connectivity index (χ0v) is 25.8. The number of hydrogen-bond donors (Lipinski definition) is 3. The third kappa shape index (κ3) is 7.56. The summed E-state index contributed by atoms with van der Waals surface area (Å²) in [5.74, 6) is 0.494. The van der Waals surface area contributed by atoms with Gasteiger partial charge in [-0.1, -0.05) is 36.4 Å². The Balaban J connectivity index is 0.000000229. The highest BCUT2D eigenvalue weighted by atomic mass is 35.5. The summed E-state index contributed by atoms with van der Waals surface area (Å²) in [6, 6.07) is 15.6. The first-order valence-electron chi connectivity index (χ1n) is 14.5. The van der Waals surface area contributed by atoms with E-state index in [2.05, 4.69) is 32.1 Å². The molecule has 44 heavy (non-hydrogen) atoms. The summed E-state index contributed by atoms with van der Waals surface area (Å²) in [4.78, 5) is 39.4. The standard InChI is InChI=1S/C22H25ClN4O3.C11H11N2O/c1-22(2,3)30-21(28)27-10-8-16-18(13-27)25-20(23)26-19(16)29-11-9-14-12-24-17-7-5-4-6-15(14)17;12-9(7-14)5-8-6-13-11-4-2-1-3-10(8)11/h4-7,12,24H,8-11,13H2,1-3H3;1-4,6,9,13H,5,12H2. The minimum absolute atomic E-state index is 0.113. The lowest BCUT2D eigenvalue weighted by molar-refractivity contribution is 0.0219. The first kappa shape index (κ1) is 31.0. The Labute approximate surface area is 260 Å². The molecule has 4 N–H and O–H groups in total. The summed E-state index contributed by atoms with van der Waals surface area (Å²) >= 11 is 6.13. The number of benzene rings is 2.